The summed E-state index contributed by atoms with van der Waals surface area (Å²) in [6.07, 6.45) is 1.72. The maximum atomic E-state index is 12.7. The van der Waals surface area contributed by atoms with Gasteiger partial charge in [-0.25, -0.2) is 0 Å². The van der Waals surface area contributed by atoms with Crippen LogP contribution in [0.15, 0.2) is 34.7 Å². The highest BCUT2D eigenvalue weighted by molar-refractivity contribution is 5.82. The van der Waals surface area contributed by atoms with Gasteiger partial charge in [-0.15, -0.1) is 0 Å². The van der Waals surface area contributed by atoms with Crippen molar-refractivity contribution in [1.82, 2.24) is 10.2 Å². The van der Waals surface area contributed by atoms with Crippen LogP contribution in [0.4, 0.5) is 0 Å². The third kappa shape index (κ3) is 4.05. The van der Waals surface area contributed by atoms with Crippen LogP contribution in [0.1, 0.15) is 45.4 Å². The first-order valence-corrected chi connectivity index (χ1v) is 9.16. The number of piperidine rings is 1. The minimum atomic E-state index is -0.326. The van der Waals surface area contributed by atoms with E-state index < -0.39 is 0 Å². The summed E-state index contributed by atoms with van der Waals surface area (Å²) in [6, 6.07) is 9.43. The number of hydrogen-bond donors (Lipinski definition) is 2. The molecule has 1 fully saturated rings. The first-order chi connectivity index (χ1) is 12.0. The molecule has 2 N–H and O–H groups in total. The van der Waals surface area contributed by atoms with E-state index >= 15 is 0 Å². The second-order valence-electron chi connectivity index (χ2n) is 7.23. The van der Waals surface area contributed by atoms with Crippen LogP contribution >= 0.6 is 0 Å². The zero-order valence-corrected chi connectivity index (χ0v) is 15.2. The molecule has 136 valence electrons. The quantitative estimate of drug-likeness (QED) is 0.875. The predicted molar refractivity (Wildman–Crippen MR) is 98.2 cm³/mol. The standard InChI is InChI=1S/C20H28N2O3/c1-13(19-11-16-7-4-5-9-18(16)25-19)21-20(24)14(2)22-10-6-8-17(12-22)15(3)23/h4-5,7,9,11,13-15,17,23H,6,8,10,12H2,1-3H3,(H,21,24). The number of nitrogens with one attached hydrogen (secondary N) is 1. The monoisotopic (exact) mass is 344 g/mol. The number of likely N-dealkylation sites (tertiary alicyclic amines) is 1. The number of carbonyl (C=O) groups excluding carboxylic acids is 1. The Bertz CT molecular complexity index is 692. The Balaban J connectivity index is 1.62. The summed E-state index contributed by atoms with van der Waals surface area (Å²) in [7, 11) is 0. The molecule has 4 unspecified atom stereocenters. The number of benzene rings is 1. The molecule has 0 aliphatic carbocycles. The molecule has 5 nitrogen and oxygen atoms in total. The van der Waals surface area contributed by atoms with Crippen molar-refractivity contribution < 1.29 is 14.3 Å². The van der Waals surface area contributed by atoms with Gasteiger partial charge in [0, 0.05) is 11.9 Å². The number of nitrogens with zero attached hydrogens (tertiary/aromatic N) is 1. The summed E-state index contributed by atoms with van der Waals surface area (Å²) in [5.74, 6) is 1.01. The van der Waals surface area contributed by atoms with E-state index in [9.17, 15) is 9.90 Å². The van der Waals surface area contributed by atoms with Crippen molar-refractivity contribution >= 4 is 16.9 Å². The minimum Gasteiger partial charge on any atom is -0.459 e. The van der Waals surface area contributed by atoms with Gasteiger partial charge in [-0.2, -0.15) is 0 Å². The van der Waals surface area contributed by atoms with Crippen LogP contribution in [0.5, 0.6) is 0 Å². The summed E-state index contributed by atoms with van der Waals surface area (Å²) < 4.78 is 5.84. The number of aliphatic hydroxyl groups excluding tert-OH is 1. The van der Waals surface area contributed by atoms with Crippen LogP contribution in [0, 0.1) is 5.92 Å². The van der Waals surface area contributed by atoms with Gasteiger partial charge in [0.25, 0.3) is 0 Å². The van der Waals surface area contributed by atoms with Crippen molar-refractivity contribution in [2.75, 3.05) is 13.1 Å². The third-order valence-electron chi connectivity index (χ3n) is 5.33. The van der Waals surface area contributed by atoms with Gasteiger partial charge >= 0.3 is 0 Å². The molecule has 1 aromatic carbocycles. The van der Waals surface area contributed by atoms with Crippen molar-refractivity contribution in [3.63, 3.8) is 0 Å². The average Bonchev–Trinajstić information content (AvgIpc) is 3.05. The van der Waals surface area contributed by atoms with Crippen molar-refractivity contribution in [3.05, 3.63) is 36.1 Å². The number of rotatable bonds is 5. The van der Waals surface area contributed by atoms with Gasteiger partial charge in [-0.1, -0.05) is 18.2 Å². The molecular weight excluding hydrogens is 316 g/mol. The summed E-state index contributed by atoms with van der Waals surface area (Å²) in [6.45, 7) is 7.38. The lowest BCUT2D eigenvalue weighted by Crippen LogP contribution is -2.50. The maximum absolute atomic E-state index is 12.7. The molecule has 4 atom stereocenters. The lowest BCUT2D eigenvalue weighted by molar-refractivity contribution is -0.127. The molecule has 0 bridgehead atoms. The highest BCUT2D eigenvalue weighted by Gasteiger charge is 2.30. The Morgan fingerprint density at radius 1 is 1.32 bits per heavy atom. The molecule has 1 aromatic heterocycles. The van der Waals surface area contributed by atoms with Gasteiger partial charge in [0.2, 0.25) is 5.91 Å². The molecule has 1 amide bonds. The van der Waals surface area contributed by atoms with Gasteiger partial charge in [-0.05, 0) is 58.2 Å². The molecule has 0 saturated carbocycles. The highest BCUT2D eigenvalue weighted by atomic mass is 16.3. The Kier molecular flexibility index (Phi) is 5.45. The number of amides is 1. The number of para-hydroxylation sites is 1. The SMILES string of the molecule is CC(NC(=O)C(C)N1CCCC(C(C)O)C1)c1cc2ccccc2o1. The lowest BCUT2D eigenvalue weighted by atomic mass is 9.92. The zero-order chi connectivity index (χ0) is 18.0. The molecule has 1 saturated heterocycles. The van der Waals surface area contributed by atoms with Crippen LogP contribution in [0.25, 0.3) is 11.0 Å². The van der Waals surface area contributed by atoms with E-state index in [0.29, 0.717) is 0 Å². The summed E-state index contributed by atoms with van der Waals surface area (Å²) in [5.41, 5.74) is 0.836. The molecule has 25 heavy (non-hydrogen) atoms. The number of furan rings is 1. The van der Waals surface area contributed by atoms with E-state index in [2.05, 4.69) is 10.2 Å². The van der Waals surface area contributed by atoms with Crippen LogP contribution in [-0.2, 0) is 4.79 Å². The van der Waals surface area contributed by atoms with Crippen molar-refractivity contribution in [2.24, 2.45) is 5.92 Å². The average molecular weight is 344 g/mol. The molecule has 2 heterocycles. The summed E-state index contributed by atoms with van der Waals surface area (Å²) >= 11 is 0. The van der Waals surface area contributed by atoms with Gasteiger partial charge in [-0.3, -0.25) is 9.69 Å². The third-order valence-corrected chi connectivity index (χ3v) is 5.33. The Morgan fingerprint density at radius 2 is 2.08 bits per heavy atom. The number of carbonyl (C=O) groups is 1. The molecular formula is C20H28N2O3. The van der Waals surface area contributed by atoms with E-state index in [1.54, 1.807) is 0 Å². The van der Waals surface area contributed by atoms with Gasteiger partial charge in [0.05, 0.1) is 18.2 Å². The van der Waals surface area contributed by atoms with E-state index in [4.69, 9.17) is 4.42 Å². The number of fused-ring (bicyclic) bond motifs is 1. The molecule has 5 heteroatoms. The van der Waals surface area contributed by atoms with Crippen molar-refractivity contribution in [2.45, 2.75) is 51.8 Å². The zero-order valence-electron chi connectivity index (χ0n) is 15.2. The fourth-order valence-corrected chi connectivity index (χ4v) is 3.57. The first kappa shape index (κ1) is 18.0. The van der Waals surface area contributed by atoms with E-state index in [1.165, 1.54) is 0 Å². The minimum absolute atomic E-state index is 0.000742. The molecule has 1 aliphatic heterocycles. The highest BCUT2D eigenvalue weighted by Crippen LogP contribution is 2.25. The Hall–Kier alpha value is -1.85. The van der Waals surface area contributed by atoms with Gasteiger partial charge in [0.1, 0.15) is 11.3 Å². The largest absolute Gasteiger partial charge is 0.459 e. The molecule has 3 rings (SSSR count). The van der Waals surface area contributed by atoms with E-state index in [0.717, 1.165) is 42.7 Å². The first-order valence-electron chi connectivity index (χ1n) is 9.16. The van der Waals surface area contributed by atoms with Crippen LogP contribution in [-0.4, -0.2) is 41.1 Å². The molecule has 0 radical (unpaired) electrons. The van der Waals surface area contributed by atoms with Crippen LogP contribution in [0.3, 0.4) is 0 Å². The summed E-state index contributed by atoms with van der Waals surface area (Å²) in [4.78, 5) is 14.8. The van der Waals surface area contributed by atoms with Gasteiger partial charge in [0.15, 0.2) is 0 Å². The van der Waals surface area contributed by atoms with E-state index in [-0.39, 0.29) is 30.0 Å². The number of hydrogen-bond acceptors (Lipinski definition) is 4. The van der Waals surface area contributed by atoms with Crippen LogP contribution in [0.2, 0.25) is 0 Å². The smallest absolute Gasteiger partial charge is 0.237 e. The fraction of sp³-hybridized carbons (Fsp3) is 0.550. The van der Waals surface area contributed by atoms with Gasteiger partial charge < -0.3 is 14.8 Å². The maximum Gasteiger partial charge on any atom is 0.237 e. The van der Waals surface area contributed by atoms with Crippen molar-refractivity contribution in [3.8, 4) is 0 Å². The van der Waals surface area contributed by atoms with Crippen molar-refractivity contribution in [1.29, 1.82) is 0 Å². The molecule has 1 aliphatic rings. The molecule has 0 spiro atoms. The van der Waals surface area contributed by atoms with E-state index in [1.807, 2.05) is 51.1 Å². The Morgan fingerprint density at radius 3 is 2.80 bits per heavy atom. The molecule has 2 aromatic rings. The second-order valence-corrected chi connectivity index (χ2v) is 7.23. The topological polar surface area (TPSA) is 65.7 Å². The predicted octanol–water partition coefficient (Wildman–Crippen LogP) is 3.09. The van der Waals surface area contributed by atoms with Crippen LogP contribution < -0.4 is 5.32 Å². The normalized spacial score (nSPS) is 22.5. The second kappa shape index (κ2) is 7.58. The fourth-order valence-electron chi connectivity index (χ4n) is 3.57. The summed E-state index contributed by atoms with van der Waals surface area (Å²) in [5, 5.41) is 13.9. The number of aliphatic hydroxyl groups is 1. The Labute approximate surface area is 149 Å². The lowest BCUT2D eigenvalue weighted by Gasteiger charge is -2.37.